The molecule has 1 aliphatic rings. The van der Waals surface area contributed by atoms with Gasteiger partial charge in [0.15, 0.2) is 6.29 Å². The van der Waals surface area contributed by atoms with Crippen molar-refractivity contribution in [2.45, 2.75) is 32.7 Å². The smallest absolute Gasteiger partial charge is 0.157 e. The van der Waals surface area contributed by atoms with Gasteiger partial charge in [0, 0.05) is 5.92 Å². The fraction of sp³-hybridized carbons (Fsp3) is 0.778. The minimum atomic E-state index is -0.603. The summed E-state index contributed by atoms with van der Waals surface area (Å²) in [7, 11) is 0. The van der Waals surface area contributed by atoms with E-state index in [0.717, 1.165) is 6.42 Å². The average Bonchev–Trinajstić information content (AvgIpc) is 1.97. The Balaban J connectivity index is 2.54. The maximum Gasteiger partial charge on any atom is 0.157 e. The van der Waals surface area contributed by atoms with E-state index in [1.807, 2.05) is 6.92 Å². The maximum atomic E-state index is 9.33. The zero-order chi connectivity index (χ0) is 8.43. The molecule has 4 atom stereocenters. The first-order chi connectivity index (χ1) is 5.15. The van der Waals surface area contributed by atoms with Crippen molar-refractivity contribution in [3.05, 3.63) is 12.7 Å². The van der Waals surface area contributed by atoms with Crippen LogP contribution in [0.15, 0.2) is 12.7 Å². The molecule has 1 rings (SSSR count). The van der Waals surface area contributed by atoms with E-state index in [-0.39, 0.29) is 12.0 Å². The maximum absolute atomic E-state index is 9.33. The van der Waals surface area contributed by atoms with Crippen molar-refractivity contribution in [3.63, 3.8) is 0 Å². The van der Waals surface area contributed by atoms with E-state index in [0.29, 0.717) is 5.92 Å². The predicted molar refractivity (Wildman–Crippen MR) is 44.0 cm³/mol. The largest absolute Gasteiger partial charge is 0.368 e. The molecule has 0 aromatic heterocycles. The zero-order valence-electron chi connectivity index (χ0n) is 7.16. The van der Waals surface area contributed by atoms with Crippen LogP contribution in [0.25, 0.3) is 0 Å². The third-order valence-corrected chi connectivity index (χ3v) is 2.32. The molecular weight excluding hydrogens is 140 g/mol. The highest BCUT2D eigenvalue weighted by Crippen LogP contribution is 2.28. The van der Waals surface area contributed by atoms with Gasteiger partial charge in [0.05, 0.1) is 6.10 Å². The van der Waals surface area contributed by atoms with Gasteiger partial charge in [-0.3, -0.25) is 0 Å². The molecule has 0 aromatic carbocycles. The lowest BCUT2D eigenvalue weighted by atomic mass is 9.89. The molecule has 0 aromatic rings. The van der Waals surface area contributed by atoms with E-state index in [1.165, 1.54) is 0 Å². The molecule has 1 fully saturated rings. The van der Waals surface area contributed by atoms with E-state index < -0.39 is 6.29 Å². The van der Waals surface area contributed by atoms with Gasteiger partial charge >= 0.3 is 0 Å². The fourth-order valence-corrected chi connectivity index (χ4v) is 1.55. The molecule has 0 amide bonds. The Bertz CT molecular complexity index is 144. The summed E-state index contributed by atoms with van der Waals surface area (Å²) < 4.78 is 5.30. The Hall–Kier alpha value is -0.340. The van der Waals surface area contributed by atoms with Crippen molar-refractivity contribution in [1.29, 1.82) is 0 Å². The summed E-state index contributed by atoms with van der Waals surface area (Å²) in [4.78, 5) is 0. The molecule has 11 heavy (non-hydrogen) atoms. The lowest BCUT2D eigenvalue weighted by Crippen LogP contribution is -2.37. The van der Waals surface area contributed by atoms with Crippen molar-refractivity contribution in [3.8, 4) is 0 Å². The van der Waals surface area contributed by atoms with Crippen LogP contribution in [0.5, 0.6) is 0 Å². The monoisotopic (exact) mass is 156 g/mol. The Morgan fingerprint density at radius 3 is 2.64 bits per heavy atom. The van der Waals surface area contributed by atoms with Crippen LogP contribution in [0.3, 0.4) is 0 Å². The first-order valence-electron chi connectivity index (χ1n) is 4.11. The lowest BCUT2D eigenvalue weighted by Gasteiger charge is -2.34. The second-order valence-corrected chi connectivity index (χ2v) is 3.42. The van der Waals surface area contributed by atoms with Gasteiger partial charge in [-0.25, -0.2) is 0 Å². The Kier molecular flexibility index (Phi) is 2.68. The normalized spacial score (nSPS) is 45.4. The van der Waals surface area contributed by atoms with Gasteiger partial charge in [-0.05, 0) is 12.3 Å². The molecule has 2 heteroatoms. The molecule has 0 aliphatic carbocycles. The Morgan fingerprint density at radius 1 is 1.45 bits per heavy atom. The van der Waals surface area contributed by atoms with E-state index in [1.54, 1.807) is 6.08 Å². The van der Waals surface area contributed by atoms with Crippen LogP contribution < -0.4 is 0 Å². The number of ether oxygens (including phenoxy) is 1. The third kappa shape index (κ3) is 1.82. The summed E-state index contributed by atoms with van der Waals surface area (Å²) in [6.45, 7) is 7.78. The van der Waals surface area contributed by atoms with Gasteiger partial charge in [-0.15, -0.1) is 6.58 Å². The summed E-state index contributed by atoms with van der Waals surface area (Å²) in [5, 5.41) is 9.33. The van der Waals surface area contributed by atoms with E-state index in [9.17, 15) is 5.11 Å². The number of aliphatic hydroxyl groups excluding tert-OH is 1. The second-order valence-electron chi connectivity index (χ2n) is 3.42. The topological polar surface area (TPSA) is 29.5 Å². The molecule has 0 bridgehead atoms. The SMILES string of the molecule is C=CC1OC(O)C(C)CC1C. The van der Waals surface area contributed by atoms with Gasteiger partial charge in [-0.1, -0.05) is 19.9 Å². The van der Waals surface area contributed by atoms with E-state index in [2.05, 4.69) is 13.5 Å². The molecule has 0 spiro atoms. The molecule has 64 valence electrons. The number of hydrogen-bond acceptors (Lipinski definition) is 2. The van der Waals surface area contributed by atoms with Crippen molar-refractivity contribution < 1.29 is 9.84 Å². The van der Waals surface area contributed by atoms with Crippen LogP contribution in [0.1, 0.15) is 20.3 Å². The summed E-state index contributed by atoms with van der Waals surface area (Å²) in [6, 6.07) is 0. The van der Waals surface area contributed by atoms with E-state index in [4.69, 9.17) is 4.74 Å². The Morgan fingerprint density at radius 2 is 2.09 bits per heavy atom. The van der Waals surface area contributed by atoms with Crippen LogP contribution in [0.4, 0.5) is 0 Å². The van der Waals surface area contributed by atoms with Crippen molar-refractivity contribution in [1.82, 2.24) is 0 Å². The zero-order valence-corrected chi connectivity index (χ0v) is 7.16. The molecule has 1 N–H and O–H groups in total. The van der Waals surface area contributed by atoms with Gasteiger partial charge in [0.25, 0.3) is 0 Å². The van der Waals surface area contributed by atoms with Crippen molar-refractivity contribution in [2.75, 3.05) is 0 Å². The van der Waals surface area contributed by atoms with Crippen molar-refractivity contribution >= 4 is 0 Å². The first-order valence-corrected chi connectivity index (χ1v) is 4.11. The van der Waals surface area contributed by atoms with Crippen LogP contribution >= 0.6 is 0 Å². The summed E-state index contributed by atoms with van der Waals surface area (Å²) in [5.74, 6) is 0.729. The quantitative estimate of drug-likeness (QED) is 0.584. The van der Waals surface area contributed by atoms with Gasteiger partial charge in [0.1, 0.15) is 0 Å². The van der Waals surface area contributed by atoms with Crippen LogP contribution in [-0.2, 0) is 4.74 Å². The average molecular weight is 156 g/mol. The lowest BCUT2D eigenvalue weighted by molar-refractivity contribution is -0.192. The van der Waals surface area contributed by atoms with Gasteiger partial charge in [0.2, 0.25) is 0 Å². The number of rotatable bonds is 1. The molecule has 1 aliphatic heterocycles. The molecule has 1 heterocycles. The third-order valence-electron chi connectivity index (χ3n) is 2.32. The Labute approximate surface area is 67.9 Å². The van der Waals surface area contributed by atoms with Crippen LogP contribution in [0, 0.1) is 11.8 Å². The molecule has 0 radical (unpaired) electrons. The summed E-state index contributed by atoms with van der Waals surface area (Å²) in [6.07, 6.45) is 2.20. The second kappa shape index (κ2) is 3.37. The van der Waals surface area contributed by atoms with Gasteiger partial charge in [-0.2, -0.15) is 0 Å². The fourth-order valence-electron chi connectivity index (χ4n) is 1.55. The molecule has 1 saturated heterocycles. The predicted octanol–water partition coefficient (Wildman–Crippen LogP) is 1.55. The summed E-state index contributed by atoms with van der Waals surface area (Å²) >= 11 is 0. The first kappa shape index (κ1) is 8.75. The highest BCUT2D eigenvalue weighted by Gasteiger charge is 2.30. The van der Waals surface area contributed by atoms with Gasteiger partial charge < -0.3 is 9.84 Å². The number of aliphatic hydroxyl groups is 1. The molecule has 2 nitrogen and oxygen atoms in total. The minimum absolute atomic E-state index is 0.0289. The standard InChI is InChI=1S/C9H16O2/c1-4-8-6(2)5-7(3)9(10)11-8/h4,6-10H,1,5H2,2-3H3. The molecule has 4 unspecified atom stereocenters. The van der Waals surface area contributed by atoms with E-state index >= 15 is 0 Å². The molecular formula is C9H16O2. The molecule has 0 saturated carbocycles. The number of hydrogen-bond donors (Lipinski definition) is 1. The summed E-state index contributed by atoms with van der Waals surface area (Å²) in [5.41, 5.74) is 0. The van der Waals surface area contributed by atoms with Crippen LogP contribution in [-0.4, -0.2) is 17.5 Å². The van der Waals surface area contributed by atoms with Crippen molar-refractivity contribution in [2.24, 2.45) is 11.8 Å². The highest BCUT2D eigenvalue weighted by atomic mass is 16.6. The highest BCUT2D eigenvalue weighted by molar-refractivity contribution is 4.88. The van der Waals surface area contributed by atoms with Crippen LogP contribution in [0.2, 0.25) is 0 Å². The minimum Gasteiger partial charge on any atom is -0.368 e.